The Bertz CT molecular complexity index is 503. The third-order valence-corrected chi connectivity index (χ3v) is 2.48. The molecule has 2 aromatic rings. The number of para-hydroxylation sites is 1. The lowest BCUT2D eigenvalue weighted by Gasteiger charge is -2.20. The SMILES string of the molecule is CC(C)(N)COc1ccccc1-c1ccncc1. The summed E-state index contributed by atoms with van der Waals surface area (Å²) in [6, 6.07) is 11.9. The summed E-state index contributed by atoms with van der Waals surface area (Å²) < 4.78 is 5.81. The second kappa shape index (κ2) is 5.19. The monoisotopic (exact) mass is 242 g/mol. The quantitative estimate of drug-likeness (QED) is 0.896. The fourth-order valence-electron chi connectivity index (χ4n) is 1.63. The van der Waals surface area contributed by atoms with Gasteiger partial charge in [0, 0.05) is 23.5 Å². The molecule has 94 valence electrons. The number of rotatable bonds is 4. The summed E-state index contributed by atoms with van der Waals surface area (Å²) in [4.78, 5) is 4.02. The summed E-state index contributed by atoms with van der Waals surface area (Å²) >= 11 is 0. The van der Waals surface area contributed by atoms with Crippen molar-refractivity contribution in [2.45, 2.75) is 19.4 Å². The molecule has 0 atom stereocenters. The summed E-state index contributed by atoms with van der Waals surface area (Å²) in [5.74, 6) is 0.849. The molecule has 1 heterocycles. The number of hydrogen-bond donors (Lipinski definition) is 1. The normalized spacial score (nSPS) is 11.3. The maximum Gasteiger partial charge on any atom is 0.127 e. The Hall–Kier alpha value is -1.87. The third kappa shape index (κ3) is 3.31. The van der Waals surface area contributed by atoms with Crippen molar-refractivity contribution in [1.82, 2.24) is 4.98 Å². The average Bonchev–Trinajstić information content (AvgIpc) is 2.37. The van der Waals surface area contributed by atoms with Crippen LogP contribution < -0.4 is 10.5 Å². The van der Waals surface area contributed by atoms with Gasteiger partial charge in [-0.2, -0.15) is 0 Å². The number of pyridine rings is 1. The number of aromatic nitrogens is 1. The van der Waals surface area contributed by atoms with Crippen LogP contribution in [-0.4, -0.2) is 17.1 Å². The molecule has 0 aliphatic carbocycles. The molecule has 3 nitrogen and oxygen atoms in total. The van der Waals surface area contributed by atoms with Crippen LogP contribution in [0.25, 0.3) is 11.1 Å². The highest BCUT2D eigenvalue weighted by Gasteiger charge is 2.13. The molecule has 0 spiro atoms. The lowest BCUT2D eigenvalue weighted by Crippen LogP contribution is -2.38. The number of benzene rings is 1. The first-order valence-corrected chi connectivity index (χ1v) is 5.97. The molecule has 0 fully saturated rings. The minimum absolute atomic E-state index is 0.342. The van der Waals surface area contributed by atoms with E-state index in [4.69, 9.17) is 10.5 Å². The van der Waals surface area contributed by atoms with Crippen LogP contribution in [0.15, 0.2) is 48.8 Å². The third-order valence-electron chi connectivity index (χ3n) is 2.48. The van der Waals surface area contributed by atoms with Gasteiger partial charge >= 0.3 is 0 Å². The first kappa shape index (κ1) is 12.6. The van der Waals surface area contributed by atoms with Gasteiger partial charge in [0.05, 0.1) is 0 Å². The Kier molecular flexibility index (Phi) is 3.63. The summed E-state index contributed by atoms with van der Waals surface area (Å²) in [7, 11) is 0. The molecule has 0 aliphatic rings. The molecule has 2 N–H and O–H groups in total. The van der Waals surface area contributed by atoms with E-state index >= 15 is 0 Å². The highest BCUT2D eigenvalue weighted by atomic mass is 16.5. The smallest absolute Gasteiger partial charge is 0.127 e. The summed E-state index contributed by atoms with van der Waals surface area (Å²) in [6.45, 7) is 4.37. The maximum absolute atomic E-state index is 5.94. The van der Waals surface area contributed by atoms with Crippen LogP contribution in [0.1, 0.15) is 13.8 Å². The van der Waals surface area contributed by atoms with Crippen molar-refractivity contribution < 1.29 is 4.74 Å². The summed E-state index contributed by atoms with van der Waals surface area (Å²) in [5.41, 5.74) is 7.75. The van der Waals surface area contributed by atoms with Gasteiger partial charge in [-0.05, 0) is 37.6 Å². The van der Waals surface area contributed by atoms with Crippen molar-refractivity contribution in [2.75, 3.05) is 6.61 Å². The van der Waals surface area contributed by atoms with Crippen LogP contribution >= 0.6 is 0 Å². The van der Waals surface area contributed by atoms with Crippen molar-refractivity contribution >= 4 is 0 Å². The molecule has 0 amide bonds. The van der Waals surface area contributed by atoms with Crippen molar-refractivity contribution in [3.63, 3.8) is 0 Å². The standard InChI is InChI=1S/C15H18N2O/c1-15(2,16)11-18-14-6-4-3-5-13(14)12-7-9-17-10-8-12/h3-10H,11,16H2,1-2H3. The number of hydrogen-bond acceptors (Lipinski definition) is 3. The molecule has 0 saturated carbocycles. The molecule has 0 unspecified atom stereocenters. The number of nitrogens with two attached hydrogens (primary N) is 1. The molecule has 1 aromatic heterocycles. The zero-order valence-corrected chi connectivity index (χ0v) is 10.8. The van der Waals surface area contributed by atoms with E-state index in [1.54, 1.807) is 12.4 Å². The van der Waals surface area contributed by atoms with E-state index in [0.29, 0.717) is 6.61 Å². The van der Waals surface area contributed by atoms with Crippen LogP contribution in [0.5, 0.6) is 5.75 Å². The van der Waals surface area contributed by atoms with E-state index < -0.39 is 0 Å². The Morgan fingerprint density at radius 1 is 1.11 bits per heavy atom. The number of ether oxygens (including phenoxy) is 1. The predicted octanol–water partition coefficient (Wildman–Crippen LogP) is 2.86. The Labute approximate surface area is 108 Å². The van der Waals surface area contributed by atoms with E-state index in [9.17, 15) is 0 Å². The van der Waals surface area contributed by atoms with Gasteiger partial charge in [0.25, 0.3) is 0 Å². The van der Waals surface area contributed by atoms with Crippen molar-refractivity contribution in [3.8, 4) is 16.9 Å². The Morgan fingerprint density at radius 3 is 2.44 bits per heavy atom. The zero-order chi connectivity index (χ0) is 13.0. The van der Waals surface area contributed by atoms with Crippen molar-refractivity contribution in [2.24, 2.45) is 5.73 Å². The van der Waals surface area contributed by atoms with Crippen LogP contribution in [0.2, 0.25) is 0 Å². The fraction of sp³-hybridized carbons (Fsp3) is 0.267. The van der Waals surface area contributed by atoms with Gasteiger partial charge in [0.15, 0.2) is 0 Å². The molecule has 3 heteroatoms. The Morgan fingerprint density at radius 2 is 1.78 bits per heavy atom. The maximum atomic E-state index is 5.94. The van der Waals surface area contributed by atoms with E-state index in [0.717, 1.165) is 16.9 Å². The molecule has 2 rings (SSSR count). The van der Waals surface area contributed by atoms with E-state index in [-0.39, 0.29) is 5.54 Å². The lowest BCUT2D eigenvalue weighted by atomic mass is 10.1. The summed E-state index contributed by atoms with van der Waals surface area (Å²) in [6.07, 6.45) is 3.55. The van der Waals surface area contributed by atoms with Gasteiger partial charge in [0.2, 0.25) is 0 Å². The van der Waals surface area contributed by atoms with Crippen molar-refractivity contribution in [1.29, 1.82) is 0 Å². The predicted molar refractivity (Wildman–Crippen MR) is 73.4 cm³/mol. The van der Waals surface area contributed by atoms with Crippen LogP contribution in [-0.2, 0) is 0 Å². The second-order valence-corrected chi connectivity index (χ2v) is 5.01. The highest BCUT2D eigenvalue weighted by molar-refractivity contribution is 5.69. The van der Waals surface area contributed by atoms with Gasteiger partial charge in [0.1, 0.15) is 12.4 Å². The van der Waals surface area contributed by atoms with E-state index in [2.05, 4.69) is 4.98 Å². The minimum atomic E-state index is -0.342. The molecule has 0 radical (unpaired) electrons. The van der Waals surface area contributed by atoms with Gasteiger partial charge in [-0.1, -0.05) is 18.2 Å². The molecular weight excluding hydrogens is 224 g/mol. The van der Waals surface area contributed by atoms with Gasteiger partial charge in [-0.15, -0.1) is 0 Å². The van der Waals surface area contributed by atoms with Crippen LogP contribution in [0.4, 0.5) is 0 Å². The molecule has 0 saturated heterocycles. The van der Waals surface area contributed by atoms with Crippen LogP contribution in [0.3, 0.4) is 0 Å². The average molecular weight is 242 g/mol. The molecular formula is C15H18N2O. The first-order chi connectivity index (χ1) is 8.56. The second-order valence-electron chi connectivity index (χ2n) is 5.01. The van der Waals surface area contributed by atoms with Crippen LogP contribution in [0, 0.1) is 0 Å². The first-order valence-electron chi connectivity index (χ1n) is 5.97. The zero-order valence-electron chi connectivity index (χ0n) is 10.8. The Balaban J connectivity index is 2.27. The lowest BCUT2D eigenvalue weighted by molar-refractivity contribution is 0.244. The fourth-order valence-corrected chi connectivity index (χ4v) is 1.63. The molecule has 18 heavy (non-hydrogen) atoms. The minimum Gasteiger partial charge on any atom is -0.491 e. The van der Waals surface area contributed by atoms with Gasteiger partial charge in [-0.3, -0.25) is 4.98 Å². The van der Waals surface area contributed by atoms with E-state index in [1.807, 2.05) is 50.2 Å². The van der Waals surface area contributed by atoms with Crippen molar-refractivity contribution in [3.05, 3.63) is 48.8 Å². The molecule has 1 aromatic carbocycles. The van der Waals surface area contributed by atoms with E-state index in [1.165, 1.54) is 0 Å². The van der Waals surface area contributed by atoms with Gasteiger partial charge < -0.3 is 10.5 Å². The number of nitrogens with zero attached hydrogens (tertiary/aromatic N) is 1. The molecule has 0 bridgehead atoms. The molecule has 0 aliphatic heterocycles. The van der Waals surface area contributed by atoms with Gasteiger partial charge in [-0.25, -0.2) is 0 Å². The summed E-state index contributed by atoms with van der Waals surface area (Å²) in [5, 5.41) is 0. The highest BCUT2D eigenvalue weighted by Crippen LogP contribution is 2.29. The topological polar surface area (TPSA) is 48.1 Å². The largest absolute Gasteiger partial charge is 0.491 e.